The second kappa shape index (κ2) is 7.78. The average Bonchev–Trinajstić information content (AvgIpc) is 2.95. The summed E-state index contributed by atoms with van der Waals surface area (Å²) in [4.78, 5) is 44.2. The number of benzene rings is 1. The molecule has 0 unspecified atom stereocenters. The molecule has 4 rings (SSSR count). The van der Waals surface area contributed by atoms with Crippen molar-refractivity contribution in [2.24, 2.45) is 5.92 Å². The third-order valence-electron chi connectivity index (χ3n) is 6.88. The Morgan fingerprint density at radius 2 is 1.93 bits per heavy atom. The van der Waals surface area contributed by atoms with E-state index in [0.29, 0.717) is 13.0 Å². The quantitative estimate of drug-likeness (QED) is 0.791. The van der Waals surface area contributed by atoms with Crippen LogP contribution in [0.1, 0.15) is 44.2 Å². The van der Waals surface area contributed by atoms with Crippen LogP contribution < -0.4 is 5.32 Å². The van der Waals surface area contributed by atoms with E-state index in [1.807, 2.05) is 49.2 Å². The zero-order valence-corrected chi connectivity index (χ0v) is 17.3. The van der Waals surface area contributed by atoms with E-state index in [1.165, 1.54) is 0 Å². The van der Waals surface area contributed by atoms with Crippen molar-refractivity contribution >= 4 is 17.8 Å². The molecule has 2 aliphatic heterocycles. The van der Waals surface area contributed by atoms with Crippen LogP contribution in [-0.2, 0) is 9.59 Å². The number of nitrogens with one attached hydrogen (secondary N) is 1. The third-order valence-corrected chi connectivity index (χ3v) is 6.88. The summed E-state index contributed by atoms with van der Waals surface area (Å²) in [6.07, 6.45) is 3.57. The van der Waals surface area contributed by atoms with E-state index in [4.69, 9.17) is 0 Å². The SMILES string of the molecule is C[C@@H]1CCCC[C@]12NC(=O)N(CC(=O)N1CCN(C)C[C@H]1c1ccccc1)C2=O. The van der Waals surface area contributed by atoms with E-state index in [-0.39, 0.29) is 30.3 Å². The van der Waals surface area contributed by atoms with Gasteiger partial charge >= 0.3 is 6.03 Å². The van der Waals surface area contributed by atoms with Crippen molar-refractivity contribution in [2.75, 3.05) is 33.2 Å². The second-order valence-electron chi connectivity index (χ2n) is 8.72. The predicted molar refractivity (Wildman–Crippen MR) is 109 cm³/mol. The molecule has 1 aliphatic carbocycles. The summed E-state index contributed by atoms with van der Waals surface area (Å²) >= 11 is 0. The van der Waals surface area contributed by atoms with Crippen LogP contribution in [-0.4, -0.2) is 71.3 Å². The summed E-state index contributed by atoms with van der Waals surface area (Å²) in [5, 5.41) is 2.94. The second-order valence-corrected chi connectivity index (χ2v) is 8.72. The molecule has 7 heteroatoms. The Kier molecular flexibility index (Phi) is 5.34. The van der Waals surface area contributed by atoms with E-state index >= 15 is 0 Å². The fourth-order valence-corrected chi connectivity index (χ4v) is 5.04. The van der Waals surface area contributed by atoms with Gasteiger partial charge in [0.25, 0.3) is 5.91 Å². The molecule has 3 aliphatic rings. The minimum atomic E-state index is -0.823. The van der Waals surface area contributed by atoms with Gasteiger partial charge in [-0.2, -0.15) is 0 Å². The average molecular weight is 399 g/mol. The molecule has 1 N–H and O–H groups in total. The van der Waals surface area contributed by atoms with Gasteiger partial charge in [0.1, 0.15) is 12.1 Å². The first-order valence-electron chi connectivity index (χ1n) is 10.6. The van der Waals surface area contributed by atoms with Gasteiger partial charge in [0, 0.05) is 19.6 Å². The Balaban J connectivity index is 1.52. The van der Waals surface area contributed by atoms with Gasteiger partial charge < -0.3 is 15.1 Å². The Morgan fingerprint density at radius 3 is 2.66 bits per heavy atom. The number of likely N-dealkylation sites (N-methyl/N-ethyl adjacent to an activating group) is 1. The van der Waals surface area contributed by atoms with Crippen molar-refractivity contribution in [1.82, 2.24) is 20.0 Å². The van der Waals surface area contributed by atoms with E-state index < -0.39 is 11.6 Å². The number of rotatable bonds is 3. The fraction of sp³-hybridized carbons (Fsp3) is 0.591. The largest absolute Gasteiger partial charge is 0.332 e. The van der Waals surface area contributed by atoms with Gasteiger partial charge in [-0.15, -0.1) is 0 Å². The highest BCUT2D eigenvalue weighted by molar-refractivity contribution is 6.09. The number of amides is 4. The smallest absolute Gasteiger partial charge is 0.325 e. The van der Waals surface area contributed by atoms with Crippen LogP contribution in [0.3, 0.4) is 0 Å². The van der Waals surface area contributed by atoms with Crippen molar-refractivity contribution in [3.05, 3.63) is 35.9 Å². The summed E-state index contributed by atoms with van der Waals surface area (Å²) in [5.74, 6) is -0.307. The molecule has 0 bridgehead atoms. The molecule has 1 saturated carbocycles. The third kappa shape index (κ3) is 3.52. The molecule has 0 radical (unpaired) electrons. The normalized spacial score (nSPS) is 30.7. The van der Waals surface area contributed by atoms with Crippen LogP contribution in [0.25, 0.3) is 0 Å². The number of urea groups is 1. The molecule has 2 saturated heterocycles. The van der Waals surface area contributed by atoms with Crippen molar-refractivity contribution in [3.8, 4) is 0 Å². The maximum absolute atomic E-state index is 13.2. The zero-order chi connectivity index (χ0) is 20.6. The van der Waals surface area contributed by atoms with E-state index in [2.05, 4.69) is 10.2 Å². The summed E-state index contributed by atoms with van der Waals surface area (Å²) < 4.78 is 0. The van der Waals surface area contributed by atoms with Crippen LogP contribution in [0.15, 0.2) is 30.3 Å². The highest BCUT2D eigenvalue weighted by Gasteiger charge is 2.55. The molecule has 1 spiro atoms. The van der Waals surface area contributed by atoms with E-state index in [9.17, 15) is 14.4 Å². The minimum absolute atomic E-state index is 0.0780. The van der Waals surface area contributed by atoms with Crippen LogP contribution >= 0.6 is 0 Å². The molecular formula is C22H30N4O3. The lowest BCUT2D eigenvalue weighted by Gasteiger charge is -2.41. The van der Waals surface area contributed by atoms with Crippen LogP contribution in [0.4, 0.5) is 4.79 Å². The Hall–Kier alpha value is -2.41. The lowest BCUT2D eigenvalue weighted by atomic mass is 9.73. The molecule has 3 fully saturated rings. The van der Waals surface area contributed by atoms with Gasteiger partial charge in [-0.25, -0.2) is 4.79 Å². The van der Waals surface area contributed by atoms with Crippen LogP contribution in [0.2, 0.25) is 0 Å². The number of carbonyl (C=O) groups is 3. The minimum Gasteiger partial charge on any atom is -0.332 e. The molecule has 4 amide bonds. The highest BCUT2D eigenvalue weighted by atomic mass is 16.2. The molecular weight excluding hydrogens is 368 g/mol. The van der Waals surface area contributed by atoms with Gasteiger partial charge in [-0.1, -0.05) is 50.1 Å². The number of piperazine rings is 1. The van der Waals surface area contributed by atoms with Crippen molar-refractivity contribution < 1.29 is 14.4 Å². The maximum Gasteiger partial charge on any atom is 0.325 e. The monoisotopic (exact) mass is 398 g/mol. The van der Waals surface area contributed by atoms with E-state index in [1.54, 1.807) is 0 Å². The van der Waals surface area contributed by atoms with E-state index in [0.717, 1.165) is 42.8 Å². The van der Waals surface area contributed by atoms with Crippen LogP contribution in [0, 0.1) is 5.92 Å². The first-order valence-corrected chi connectivity index (χ1v) is 10.6. The zero-order valence-electron chi connectivity index (χ0n) is 17.3. The van der Waals surface area contributed by atoms with Gasteiger partial charge in [0.2, 0.25) is 5.91 Å². The number of imide groups is 1. The molecule has 156 valence electrons. The molecule has 1 aromatic carbocycles. The molecule has 7 nitrogen and oxygen atoms in total. The van der Waals surface area contributed by atoms with Crippen molar-refractivity contribution in [1.29, 1.82) is 0 Å². The first-order chi connectivity index (χ1) is 13.9. The summed E-state index contributed by atoms with van der Waals surface area (Å²) in [5.41, 5.74) is 0.248. The highest BCUT2D eigenvalue weighted by Crippen LogP contribution is 2.38. The number of hydrogen-bond acceptors (Lipinski definition) is 4. The van der Waals surface area contributed by atoms with Crippen molar-refractivity contribution in [2.45, 2.75) is 44.2 Å². The lowest BCUT2D eigenvalue weighted by molar-refractivity contribution is -0.143. The Bertz CT molecular complexity index is 799. The van der Waals surface area contributed by atoms with Crippen molar-refractivity contribution in [3.63, 3.8) is 0 Å². The molecule has 2 heterocycles. The predicted octanol–water partition coefficient (Wildman–Crippen LogP) is 2.00. The lowest BCUT2D eigenvalue weighted by Crippen LogP contribution is -2.55. The van der Waals surface area contributed by atoms with Gasteiger partial charge in [0.05, 0.1) is 6.04 Å². The summed E-state index contributed by atoms with van der Waals surface area (Å²) in [6, 6.07) is 9.44. The molecule has 0 aromatic heterocycles. The number of nitrogens with zero attached hydrogens (tertiary/aromatic N) is 3. The topological polar surface area (TPSA) is 73.0 Å². The Morgan fingerprint density at radius 1 is 1.17 bits per heavy atom. The molecule has 3 atom stereocenters. The maximum atomic E-state index is 13.2. The standard InChI is InChI=1S/C22H30N4O3/c1-16-8-6-7-11-22(16)20(28)26(21(29)23-22)15-19(27)25-13-12-24(2)14-18(25)17-9-4-3-5-10-17/h3-5,9-10,16,18H,6-8,11-15H2,1-2H3,(H,23,29)/t16-,18+,22+/m1/s1. The molecule has 29 heavy (non-hydrogen) atoms. The fourth-order valence-electron chi connectivity index (χ4n) is 5.04. The number of hydrogen-bond donors (Lipinski definition) is 1. The summed E-state index contributed by atoms with van der Waals surface area (Å²) in [6.45, 7) is 3.92. The van der Waals surface area contributed by atoms with Gasteiger partial charge in [-0.05, 0) is 31.4 Å². The number of carbonyl (C=O) groups excluding carboxylic acids is 3. The summed E-state index contributed by atoms with van der Waals surface area (Å²) in [7, 11) is 2.05. The first kappa shape index (κ1) is 19.9. The Labute approximate surface area is 172 Å². The molecule has 1 aromatic rings. The van der Waals surface area contributed by atoms with Gasteiger partial charge in [-0.3, -0.25) is 14.5 Å². The van der Waals surface area contributed by atoms with Crippen LogP contribution in [0.5, 0.6) is 0 Å². The van der Waals surface area contributed by atoms with Gasteiger partial charge in [0.15, 0.2) is 0 Å².